The van der Waals surface area contributed by atoms with E-state index in [-0.39, 0.29) is 5.92 Å². The van der Waals surface area contributed by atoms with Crippen molar-refractivity contribution in [3.63, 3.8) is 0 Å². The lowest BCUT2D eigenvalue weighted by Gasteiger charge is -2.09. The van der Waals surface area contributed by atoms with E-state index in [0.29, 0.717) is 41.7 Å². The van der Waals surface area contributed by atoms with E-state index in [4.69, 9.17) is 20.9 Å². The number of ether oxygens (including phenoxy) is 1. The van der Waals surface area contributed by atoms with E-state index in [1.807, 2.05) is 36.6 Å². The molecule has 158 valence electrons. The molecule has 0 amide bonds. The second-order valence-electron chi connectivity index (χ2n) is 8.22. The molecule has 2 aliphatic rings. The fourth-order valence-electron chi connectivity index (χ4n) is 3.77. The first-order chi connectivity index (χ1) is 15.1. The smallest absolute Gasteiger partial charge is 0.229 e. The van der Waals surface area contributed by atoms with Gasteiger partial charge < -0.3 is 13.8 Å². The van der Waals surface area contributed by atoms with Gasteiger partial charge in [-0.05, 0) is 31.0 Å². The summed E-state index contributed by atoms with van der Waals surface area (Å²) in [4.78, 5) is 9.19. The molecule has 0 saturated heterocycles. The molecule has 1 saturated carbocycles. The number of nitrogens with zero attached hydrogens (tertiary/aromatic N) is 7. The van der Waals surface area contributed by atoms with Crippen LogP contribution in [0.4, 0.5) is 0 Å². The average molecular weight is 438 g/mol. The van der Waals surface area contributed by atoms with Crippen molar-refractivity contribution in [2.24, 2.45) is 0 Å². The summed E-state index contributed by atoms with van der Waals surface area (Å²) in [6.45, 7) is 4.94. The van der Waals surface area contributed by atoms with Gasteiger partial charge in [-0.1, -0.05) is 30.6 Å². The van der Waals surface area contributed by atoms with Crippen molar-refractivity contribution in [2.75, 3.05) is 0 Å². The van der Waals surface area contributed by atoms with Gasteiger partial charge in [-0.15, -0.1) is 10.2 Å². The standard InChI is InChI=1S/C21H20ClN7O2/c1-11(2)21-24-19(27-31-21)18-16-8-28-17(9-30-13-4-5-13)25-26-20(28)14-7-12(22)3-6-15(14)29(16)10-23-18/h3,6-7,10-11,13H,4-5,8-9H2,1-2H3. The van der Waals surface area contributed by atoms with Crippen LogP contribution in [0, 0.1) is 0 Å². The third kappa shape index (κ3) is 3.16. The molecule has 0 spiro atoms. The van der Waals surface area contributed by atoms with Crippen LogP contribution in [0.1, 0.15) is 50.0 Å². The molecule has 31 heavy (non-hydrogen) atoms. The third-order valence-corrected chi connectivity index (χ3v) is 5.82. The first kappa shape index (κ1) is 18.7. The zero-order valence-electron chi connectivity index (χ0n) is 17.1. The lowest BCUT2D eigenvalue weighted by atomic mass is 10.1. The maximum atomic E-state index is 6.34. The Morgan fingerprint density at radius 1 is 1.26 bits per heavy atom. The number of aromatic nitrogens is 7. The highest BCUT2D eigenvalue weighted by Gasteiger charge is 2.29. The Hall–Kier alpha value is -3.04. The summed E-state index contributed by atoms with van der Waals surface area (Å²) in [5, 5.41) is 13.7. The molecule has 0 unspecified atom stereocenters. The zero-order chi connectivity index (χ0) is 21.1. The summed E-state index contributed by atoms with van der Waals surface area (Å²) >= 11 is 6.34. The highest BCUT2D eigenvalue weighted by Crippen LogP contribution is 2.36. The van der Waals surface area contributed by atoms with E-state index in [2.05, 4.69) is 29.9 Å². The number of hydrogen-bond donors (Lipinski definition) is 0. The van der Waals surface area contributed by atoms with Crippen molar-refractivity contribution in [1.29, 1.82) is 0 Å². The van der Waals surface area contributed by atoms with E-state index in [1.165, 1.54) is 0 Å². The average Bonchev–Trinajstić information content (AvgIpc) is 3.15. The lowest BCUT2D eigenvalue weighted by Crippen LogP contribution is -2.10. The fraction of sp³-hybridized carbons (Fsp3) is 0.381. The van der Waals surface area contributed by atoms with Gasteiger partial charge in [-0.25, -0.2) is 4.98 Å². The Labute approximate surface area is 183 Å². The maximum Gasteiger partial charge on any atom is 0.229 e. The van der Waals surface area contributed by atoms with Crippen LogP contribution in [-0.2, 0) is 17.9 Å². The summed E-state index contributed by atoms with van der Waals surface area (Å²) < 4.78 is 15.4. The number of rotatable bonds is 5. The minimum absolute atomic E-state index is 0.140. The quantitative estimate of drug-likeness (QED) is 0.410. The van der Waals surface area contributed by atoms with Gasteiger partial charge in [-0.2, -0.15) is 4.98 Å². The molecule has 0 bridgehead atoms. The fourth-order valence-corrected chi connectivity index (χ4v) is 3.94. The molecule has 1 fully saturated rings. The van der Waals surface area contributed by atoms with Crippen molar-refractivity contribution >= 4 is 11.6 Å². The predicted octanol–water partition coefficient (Wildman–Crippen LogP) is 4.00. The monoisotopic (exact) mass is 437 g/mol. The van der Waals surface area contributed by atoms with Crippen LogP contribution in [0.5, 0.6) is 0 Å². The zero-order valence-corrected chi connectivity index (χ0v) is 17.9. The van der Waals surface area contributed by atoms with E-state index in [0.717, 1.165) is 41.4 Å². The van der Waals surface area contributed by atoms with Crippen LogP contribution in [0.25, 0.3) is 28.6 Å². The van der Waals surface area contributed by atoms with E-state index < -0.39 is 0 Å². The molecule has 1 aromatic carbocycles. The largest absolute Gasteiger partial charge is 0.370 e. The van der Waals surface area contributed by atoms with Crippen LogP contribution in [-0.4, -0.2) is 40.6 Å². The number of halogens is 1. The second-order valence-corrected chi connectivity index (χ2v) is 8.66. The molecule has 0 N–H and O–H groups in total. The van der Waals surface area contributed by atoms with Crippen molar-refractivity contribution in [3.8, 4) is 28.6 Å². The van der Waals surface area contributed by atoms with E-state index >= 15 is 0 Å². The van der Waals surface area contributed by atoms with Gasteiger partial charge in [0.1, 0.15) is 18.6 Å². The van der Waals surface area contributed by atoms with Gasteiger partial charge in [0.25, 0.3) is 0 Å². The number of fused-ring (bicyclic) bond motifs is 5. The molecule has 3 aromatic heterocycles. The van der Waals surface area contributed by atoms with Gasteiger partial charge in [-0.3, -0.25) is 4.57 Å². The van der Waals surface area contributed by atoms with Gasteiger partial charge in [0.05, 0.1) is 24.0 Å². The molecule has 1 aliphatic heterocycles. The van der Waals surface area contributed by atoms with Gasteiger partial charge >= 0.3 is 0 Å². The topological polar surface area (TPSA) is 96.7 Å². The minimum atomic E-state index is 0.140. The van der Waals surface area contributed by atoms with Gasteiger partial charge in [0.15, 0.2) is 11.6 Å². The molecule has 4 heterocycles. The molecule has 6 rings (SSSR count). The van der Waals surface area contributed by atoms with Crippen LogP contribution in [0.3, 0.4) is 0 Å². The van der Waals surface area contributed by atoms with Crippen LogP contribution in [0.2, 0.25) is 5.02 Å². The third-order valence-electron chi connectivity index (χ3n) is 5.58. The summed E-state index contributed by atoms with van der Waals surface area (Å²) in [5.41, 5.74) is 3.40. The van der Waals surface area contributed by atoms with Gasteiger partial charge in [0.2, 0.25) is 11.7 Å². The minimum Gasteiger partial charge on any atom is -0.370 e. The lowest BCUT2D eigenvalue weighted by molar-refractivity contribution is 0.0983. The number of imidazole rings is 1. The van der Waals surface area contributed by atoms with Crippen molar-refractivity contribution < 1.29 is 9.26 Å². The van der Waals surface area contributed by atoms with Crippen LogP contribution < -0.4 is 0 Å². The molecule has 0 radical (unpaired) electrons. The van der Waals surface area contributed by atoms with Crippen LogP contribution >= 0.6 is 11.6 Å². The number of benzene rings is 1. The molecule has 0 atom stereocenters. The molecule has 10 heteroatoms. The Bertz CT molecular complexity index is 1280. The normalized spacial score (nSPS) is 15.0. The Kier molecular flexibility index (Phi) is 4.22. The predicted molar refractivity (Wildman–Crippen MR) is 112 cm³/mol. The van der Waals surface area contributed by atoms with Crippen molar-refractivity contribution in [3.05, 3.63) is 47.0 Å². The molecular formula is C21H20ClN7O2. The summed E-state index contributed by atoms with van der Waals surface area (Å²) in [5.74, 6) is 2.71. The first-order valence-electron chi connectivity index (χ1n) is 10.3. The first-order valence-corrected chi connectivity index (χ1v) is 10.7. The van der Waals surface area contributed by atoms with E-state index in [9.17, 15) is 0 Å². The van der Waals surface area contributed by atoms with Crippen molar-refractivity contribution in [1.82, 2.24) is 34.5 Å². The van der Waals surface area contributed by atoms with E-state index in [1.54, 1.807) is 6.33 Å². The van der Waals surface area contributed by atoms with Crippen LogP contribution in [0.15, 0.2) is 29.0 Å². The second kappa shape index (κ2) is 7.00. The number of hydrogen-bond acceptors (Lipinski definition) is 7. The highest BCUT2D eigenvalue weighted by atomic mass is 35.5. The summed E-state index contributed by atoms with van der Waals surface area (Å²) in [6, 6.07) is 5.73. The summed E-state index contributed by atoms with van der Waals surface area (Å²) in [7, 11) is 0. The van der Waals surface area contributed by atoms with Gasteiger partial charge in [0, 0.05) is 16.5 Å². The maximum absolute atomic E-state index is 6.34. The molecule has 4 aromatic rings. The molecular weight excluding hydrogens is 418 g/mol. The van der Waals surface area contributed by atoms with Crippen molar-refractivity contribution in [2.45, 2.75) is 51.9 Å². The SMILES string of the molecule is CC(C)c1nc(-c2ncn3c2Cn2c(COC4CC4)nnc2-c2cc(Cl)ccc2-3)no1. The summed E-state index contributed by atoms with van der Waals surface area (Å²) in [6.07, 6.45) is 4.32. The Balaban J connectivity index is 1.51. The molecule has 1 aliphatic carbocycles. The Morgan fingerprint density at radius 2 is 2.13 bits per heavy atom. The molecule has 9 nitrogen and oxygen atoms in total. The highest BCUT2D eigenvalue weighted by molar-refractivity contribution is 6.31. The Morgan fingerprint density at radius 3 is 2.90 bits per heavy atom.